The summed E-state index contributed by atoms with van der Waals surface area (Å²) in [5.41, 5.74) is 2.30. The zero-order chi connectivity index (χ0) is 20.6. The van der Waals surface area contributed by atoms with Gasteiger partial charge in [-0.25, -0.2) is 0 Å². The van der Waals surface area contributed by atoms with Gasteiger partial charge in [-0.05, 0) is 26.0 Å². The summed E-state index contributed by atoms with van der Waals surface area (Å²) in [7, 11) is 0. The number of nitrogens with one attached hydrogen (secondary N) is 1. The number of hydrogen-bond acceptors (Lipinski definition) is 7. The van der Waals surface area contributed by atoms with Gasteiger partial charge >= 0.3 is 5.97 Å². The number of β-lactam (4-membered cyclic amide) rings is 1. The molecule has 1 fully saturated rings. The van der Waals surface area contributed by atoms with Crippen LogP contribution in [0.2, 0.25) is 0 Å². The van der Waals surface area contributed by atoms with Gasteiger partial charge in [-0.3, -0.25) is 19.3 Å². The van der Waals surface area contributed by atoms with Crippen molar-refractivity contribution in [1.29, 1.82) is 0 Å². The van der Waals surface area contributed by atoms with Crippen molar-refractivity contribution in [2.45, 2.75) is 32.2 Å². The van der Waals surface area contributed by atoms with Crippen LogP contribution in [0.15, 0.2) is 29.5 Å². The predicted molar refractivity (Wildman–Crippen MR) is 98.9 cm³/mol. The Hall–Kier alpha value is -2.81. The molecule has 0 spiro atoms. The molecule has 0 radical (unpaired) electrons. The van der Waals surface area contributed by atoms with Gasteiger partial charge in [-0.2, -0.15) is 0 Å². The standard InChI is InChI=1S/C19H20N2O6S/c1-9-4-10(2)6-12(5-9)16(23)20-14-17(24)21-15(19(25)26)13(7-27-11(3)22)8-28-18(14)21/h4-6,14,18H,7-8H2,1-3H3,(H,20,23)(H,25,26)/p-1/t14-,18-/m0/s1. The van der Waals surface area contributed by atoms with Gasteiger partial charge in [0.1, 0.15) is 18.0 Å². The second-order valence-corrected chi connectivity index (χ2v) is 7.86. The fraction of sp³-hybridized carbons (Fsp3) is 0.368. The molecule has 0 aliphatic carbocycles. The van der Waals surface area contributed by atoms with Crippen LogP contribution in [-0.2, 0) is 19.1 Å². The molecule has 1 aromatic rings. The maximum Gasteiger partial charge on any atom is 0.302 e. The lowest BCUT2D eigenvalue weighted by Gasteiger charge is -2.50. The van der Waals surface area contributed by atoms with Crippen molar-refractivity contribution in [3.63, 3.8) is 0 Å². The molecule has 0 aromatic heterocycles. The summed E-state index contributed by atoms with van der Waals surface area (Å²) >= 11 is 1.30. The minimum atomic E-state index is -1.51. The van der Waals surface area contributed by atoms with Crippen LogP contribution >= 0.6 is 11.8 Å². The molecule has 1 N–H and O–H groups in total. The Bertz CT molecular complexity index is 889. The minimum Gasteiger partial charge on any atom is -0.543 e. The topological polar surface area (TPSA) is 116 Å². The molecule has 3 rings (SSSR count). The molecule has 0 saturated carbocycles. The van der Waals surface area contributed by atoms with Gasteiger partial charge < -0.3 is 20.0 Å². The number of benzene rings is 1. The van der Waals surface area contributed by atoms with Crippen LogP contribution in [0.5, 0.6) is 0 Å². The van der Waals surface area contributed by atoms with Crippen molar-refractivity contribution in [2.75, 3.05) is 12.4 Å². The van der Waals surface area contributed by atoms with E-state index < -0.39 is 35.2 Å². The Kier molecular flexibility index (Phi) is 5.46. The van der Waals surface area contributed by atoms with E-state index in [9.17, 15) is 24.3 Å². The van der Waals surface area contributed by atoms with Crippen LogP contribution in [-0.4, -0.2) is 52.4 Å². The van der Waals surface area contributed by atoms with Crippen molar-refractivity contribution in [1.82, 2.24) is 10.2 Å². The van der Waals surface area contributed by atoms with Gasteiger partial charge in [0, 0.05) is 23.8 Å². The summed E-state index contributed by atoms with van der Waals surface area (Å²) in [4.78, 5) is 48.8. The van der Waals surface area contributed by atoms with Gasteiger partial charge in [0.2, 0.25) is 0 Å². The Balaban J connectivity index is 1.77. The van der Waals surface area contributed by atoms with Crippen LogP contribution in [0.1, 0.15) is 28.4 Å². The van der Waals surface area contributed by atoms with Crippen LogP contribution in [0.4, 0.5) is 0 Å². The average molecular weight is 403 g/mol. The van der Waals surface area contributed by atoms with E-state index >= 15 is 0 Å². The largest absolute Gasteiger partial charge is 0.543 e. The van der Waals surface area contributed by atoms with Crippen LogP contribution in [0, 0.1) is 13.8 Å². The maximum absolute atomic E-state index is 12.6. The third-order valence-corrected chi connectivity index (χ3v) is 5.80. The normalized spacial score (nSPS) is 21.0. The number of amides is 2. The van der Waals surface area contributed by atoms with Crippen LogP contribution < -0.4 is 10.4 Å². The molecule has 2 amide bonds. The monoisotopic (exact) mass is 403 g/mol. The van der Waals surface area contributed by atoms with Crippen molar-refractivity contribution in [3.8, 4) is 0 Å². The molecule has 9 heteroatoms. The number of carbonyl (C=O) groups excluding carboxylic acids is 4. The number of esters is 1. The predicted octanol–water partition coefficient (Wildman–Crippen LogP) is -0.116. The summed E-state index contributed by atoms with van der Waals surface area (Å²) < 4.78 is 4.87. The Labute approximate surface area is 165 Å². The van der Waals surface area contributed by atoms with Crippen molar-refractivity contribution < 1.29 is 29.0 Å². The number of aliphatic carboxylic acids is 1. The number of rotatable bonds is 5. The fourth-order valence-corrected chi connectivity index (χ4v) is 4.63. The first kappa shape index (κ1) is 19.9. The molecule has 2 atom stereocenters. The number of nitrogens with zero attached hydrogens (tertiary/aromatic N) is 1. The first-order valence-electron chi connectivity index (χ1n) is 8.59. The van der Waals surface area contributed by atoms with Gasteiger partial charge in [0.25, 0.3) is 11.8 Å². The number of carboxylic acid groups (broad SMARTS) is 1. The second-order valence-electron chi connectivity index (χ2n) is 6.76. The Morgan fingerprint density at radius 1 is 1.25 bits per heavy atom. The number of fused-ring (bicyclic) bond motifs is 1. The smallest absolute Gasteiger partial charge is 0.302 e. The number of ether oxygens (including phenoxy) is 1. The molecular weight excluding hydrogens is 384 g/mol. The zero-order valence-corrected chi connectivity index (χ0v) is 16.4. The summed E-state index contributed by atoms with van der Waals surface area (Å²) in [6.07, 6.45) is 0. The molecule has 8 nitrogen and oxygen atoms in total. The molecule has 1 aromatic carbocycles. The molecule has 2 aliphatic heterocycles. The van der Waals surface area contributed by atoms with Crippen molar-refractivity contribution in [3.05, 3.63) is 46.2 Å². The van der Waals surface area contributed by atoms with Gasteiger partial charge in [0.05, 0.1) is 11.7 Å². The number of hydrogen-bond donors (Lipinski definition) is 1. The Morgan fingerprint density at radius 2 is 1.89 bits per heavy atom. The van der Waals surface area contributed by atoms with Crippen LogP contribution in [0.25, 0.3) is 0 Å². The summed E-state index contributed by atoms with van der Waals surface area (Å²) in [5, 5.41) is 13.7. The van der Waals surface area contributed by atoms with E-state index in [0.717, 1.165) is 16.0 Å². The SMILES string of the molecule is CC(=O)OCC1=C(C(=O)[O-])N2C(=O)[C@H](NC(=O)c3cc(C)cc(C)c3)[C@@H]2SC1. The summed E-state index contributed by atoms with van der Waals surface area (Å²) in [6.45, 7) is 4.74. The number of carbonyl (C=O) groups is 4. The summed E-state index contributed by atoms with van der Waals surface area (Å²) in [5.74, 6) is -2.74. The molecule has 28 heavy (non-hydrogen) atoms. The fourth-order valence-electron chi connectivity index (χ4n) is 3.30. The molecule has 148 valence electrons. The number of carboxylic acids is 1. The highest BCUT2D eigenvalue weighted by Gasteiger charge is 2.52. The molecule has 2 heterocycles. The third-order valence-electron chi connectivity index (χ3n) is 4.46. The highest BCUT2D eigenvalue weighted by molar-refractivity contribution is 8.00. The highest BCUT2D eigenvalue weighted by Crippen LogP contribution is 2.40. The van der Waals surface area contributed by atoms with Crippen molar-refractivity contribution >= 4 is 35.5 Å². The summed E-state index contributed by atoms with van der Waals surface area (Å²) in [6, 6.07) is 4.55. The van der Waals surface area contributed by atoms with E-state index in [2.05, 4.69) is 5.32 Å². The Morgan fingerprint density at radius 3 is 2.46 bits per heavy atom. The molecular formula is C19H19N2O6S-. The van der Waals surface area contributed by atoms with Crippen molar-refractivity contribution in [2.24, 2.45) is 0 Å². The van der Waals surface area contributed by atoms with Gasteiger partial charge in [0.15, 0.2) is 0 Å². The minimum absolute atomic E-state index is 0.220. The molecule has 1 saturated heterocycles. The quantitative estimate of drug-likeness (QED) is 0.538. The lowest BCUT2D eigenvalue weighted by molar-refractivity contribution is -0.301. The maximum atomic E-state index is 12.6. The lowest BCUT2D eigenvalue weighted by atomic mass is 10.0. The van der Waals surface area contributed by atoms with Gasteiger partial charge in [-0.15, -0.1) is 11.8 Å². The molecule has 0 unspecified atom stereocenters. The van der Waals surface area contributed by atoms with E-state index in [1.165, 1.54) is 18.7 Å². The lowest BCUT2D eigenvalue weighted by Crippen LogP contribution is -2.71. The molecule has 0 bridgehead atoms. The van der Waals surface area contributed by atoms with E-state index in [1.807, 2.05) is 19.9 Å². The molecule has 2 aliphatic rings. The first-order chi connectivity index (χ1) is 13.2. The van der Waals surface area contributed by atoms with E-state index in [0.29, 0.717) is 11.1 Å². The average Bonchev–Trinajstić information content (AvgIpc) is 2.62. The number of thioether (sulfide) groups is 1. The second kappa shape index (κ2) is 7.67. The van der Waals surface area contributed by atoms with Crippen LogP contribution in [0.3, 0.4) is 0 Å². The van der Waals surface area contributed by atoms with E-state index in [-0.39, 0.29) is 18.1 Å². The zero-order valence-electron chi connectivity index (χ0n) is 15.6. The third kappa shape index (κ3) is 3.75. The van der Waals surface area contributed by atoms with E-state index in [4.69, 9.17) is 4.74 Å². The first-order valence-corrected chi connectivity index (χ1v) is 9.64. The number of aryl methyl sites for hydroxylation is 2. The highest BCUT2D eigenvalue weighted by atomic mass is 32.2. The van der Waals surface area contributed by atoms with Gasteiger partial charge in [-0.1, -0.05) is 17.2 Å². The van der Waals surface area contributed by atoms with E-state index in [1.54, 1.807) is 12.1 Å².